The number of hydrogen-bond acceptors (Lipinski definition) is 16. The van der Waals surface area contributed by atoms with Crippen molar-refractivity contribution in [2.75, 3.05) is 67.3 Å². The van der Waals surface area contributed by atoms with E-state index in [0.717, 1.165) is 53.9 Å². The molecule has 0 bridgehead atoms. The van der Waals surface area contributed by atoms with E-state index < -0.39 is 86.4 Å². The van der Waals surface area contributed by atoms with Crippen molar-refractivity contribution in [3.8, 4) is 17.2 Å². The number of halogens is 11. The number of esters is 3. The second-order valence-corrected chi connectivity index (χ2v) is 28.5. The number of nitrogens with zero attached hydrogens (tertiary/aromatic N) is 2. The van der Waals surface area contributed by atoms with Crippen LogP contribution in [0.1, 0.15) is 153 Å². The molecule has 0 unspecified atom stereocenters. The molecule has 6 rings (SSSR count). The molecule has 30 heteroatoms. The molecule has 0 aromatic heterocycles. The van der Waals surface area contributed by atoms with Gasteiger partial charge in [0, 0.05) is 31.7 Å². The van der Waals surface area contributed by atoms with Gasteiger partial charge in [-0.1, -0.05) is 25.6 Å². The minimum absolute atomic E-state index is 0. The summed E-state index contributed by atoms with van der Waals surface area (Å²) in [5.41, 5.74) is -4.68. The molecule has 0 saturated carbocycles. The van der Waals surface area contributed by atoms with Crippen molar-refractivity contribution in [2.45, 2.75) is 172 Å². The van der Waals surface area contributed by atoms with Crippen LogP contribution in [-0.2, 0) is 65.9 Å². The maximum atomic E-state index is 13.3. The zero-order valence-corrected chi connectivity index (χ0v) is 60.1. The van der Waals surface area contributed by atoms with Gasteiger partial charge in [-0.15, -0.1) is 0 Å². The second kappa shape index (κ2) is 35.0. The monoisotopic (exact) mass is 1510 g/mol. The topological polar surface area (TPSA) is 215 Å². The van der Waals surface area contributed by atoms with E-state index in [2.05, 4.69) is 41.3 Å². The third kappa shape index (κ3) is 27.6. The smallest absolute Gasteiger partial charge is 0.490 e. The van der Waals surface area contributed by atoms with Crippen LogP contribution in [0.25, 0.3) is 5.57 Å². The maximum Gasteiger partial charge on any atom is 0.490 e. The van der Waals surface area contributed by atoms with Crippen molar-refractivity contribution in [1.82, 2.24) is 9.80 Å². The first-order chi connectivity index (χ1) is 43.1. The lowest BCUT2D eigenvalue weighted by atomic mass is 9.75. The fourth-order valence-electron chi connectivity index (χ4n) is 7.88. The summed E-state index contributed by atoms with van der Waals surface area (Å²) in [7, 11) is 3.47. The summed E-state index contributed by atoms with van der Waals surface area (Å²) in [5.74, 6) is -1.78. The highest BCUT2D eigenvalue weighted by Crippen LogP contribution is 2.42. The number of rotatable bonds is 12. The zero-order chi connectivity index (χ0) is 73.5. The second-order valence-electron chi connectivity index (χ2n) is 26.8. The molecular weight excluding hydrogens is 1420 g/mol. The van der Waals surface area contributed by atoms with Gasteiger partial charge in [-0.25, -0.2) is 9.59 Å². The lowest BCUT2D eigenvalue weighted by Gasteiger charge is -2.32. The molecule has 3 aliphatic rings. The molecule has 18 nitrogen and oxygen atoms in total. The average Bonchev–Trinajstić information content (AvgIpc) is 1.26. The number of methoxy groups -OCH3 is 3. The largest absolute Gasteiger partial charge is 0.507 e. The van der Waals surface area contributed by atoms with Gasteiger partial charge in [0.05, 0.1) is 81.0 Å². The van der Waals surface area contributed by atoms with Crippen molar-refractivity contribution in [2.24, 2.45) is 16.2 Å². The van der Waals surface area contributed by atoms with Gasteiger partial charge in [0.1, 0.15) is 41.7 Å². The van der Waals surface area contributed by atoms with Gasteiger partial charge in [0.2, 0.25) is 0 Å². The van der Waals surface area contributed by atoms with E-state index in [1.54, 1.807) is 73.3 Å². The number of ether oxygens (including phenoxy) is 7. The van der Waals surface area contributed by atoms with E-state index in [-0.39, 0.29) is 80.1 Å². The van der Waals surface area contributed by atoms with Crippen LogP contribution in [0.15, 0.2) is 81.2 Å². The number of alkyl halides is 9. The number of phenolic OH excluding ortho intramolecular Hbond substituents is 1. The Labute approximate surface area is 574 Å². The number of aliphatic hydroxyl groups excluding tert-OH is 1. The number of hydrogen-bond donors (Lipinski definition) is 2. The van der Waals surface area contributed by atoms with Crippen LogP contribution in [0.5, 0.6) is 17.2 Å². The van der Waals surface area contributed by atoms with Gasteiger partial charge in [0.15, 0.2) is 0 Å². The SMILES string of the molecule is C.CC(C)(C)OC(=O)N1CC=C(B2OC(C)(C)C(C)(C)O2)CC1.COC(=O)C(C)(C)CO.COC(=O)C(C)(C)COc1cc(C(F)(F)F)ccc1Br.COC(=O)C(C)(C)COc1cc(C(F)(F)F)ccc1C1=CCN(C(=O)OC(C)(C)C)CC1.Oc1cc(C(F)(F)F)ccc1Br. The van der Waals surface area contributed by atoms with Gasteiger partial charge in [-0.2, -0.15) is 39.5 Å². The summed E-state index contributed by atoms with van der Waals surface area (Å²) < 4.78 is 162. The molecule has 542 valence electrons. The molecule has 3 aromatic carbocycles. The number of benzene rings is 3. The predicted octanol–water partition coefficient (Wildman–Crippen LogP) is 16.5. The Bertz CT molecular complexity index is 3160. The molecule has 3 aliphatic heterocycles. The van der Waals surface area contributed by atoms with Crippen LogP contribution in [0.4, 0.5) is 49.1 Å². The van der Waals surface area contributed by atoms with E-state index in [1.807, 2.05) is 54.5 Å². The number of carbonyl (C=O) groups excluding carboxylic acids is 5. The number of amides is 2. The molecule has 1 saturated heterocycles. The summed E-state index contributed by atoms with van der Waals surface area (Å²) >= 11 is 5.99. The highest BCUT2D eigenvalue weighted by Gasteiger charge is 2.52. The first kappa shape index (κ1) is 87.8. The van der Waals surface area contributed by atoms with Crippen LogP contribution in [0, 0.1) is 16.2 Å². The van der Waals surface area contributed by atoms with Gasteiger partial charge < -0.3 is 62.5 Å². The van der Waals surface area contributed by atoms with E-state index in [1.165, 1.54) is 38.4 Å². The Morgan fingerprint density at radius 1 is 0.542 bits per heavy atom. The molecule has 2 amide bonds. The molecule has 3 heterocycles. The first-order valence-electron chi connectivity index (χ1n) is 29.5. The lowest BCUT2D eigenvalue weighted by Crippen LogP contribution is -2.41. The normalized spacial score (nSPS) is 15.6. The van der Waals surface area contributed by atoms with Crippen molar-refractivity contribution in [3.63, 3.8) is 0 Å². The molecule has 2 N–H and O–H groups in total. The number of carbonyl (C=O) groups is 5. The van der Waals surface area contributed by atoms with E-state index in [9.17, 15) is 63.5 Å². The van der Waals surface area contributed by atoms with E-state index >= 15 is 0 Å². The Kier molecular flexibility index (Phi) is 32.0. The van der Waals surface area contributed by atoms with Crippen LogP contribution in [-0.4, -0.2) is 147 Å². The fraction of sp³-hybridized carbons (Fsp3) is 0.591. The molecule has 0 radical (unpaired) electrons. The van der Waals surface area contributed by atoms with Gasteiger partial charge in [-0.3, -0.25) is 14.4 Å². The minimum Gasteiger partial charge on any atom is -0.507 e. The highest BCUT2D eigenvalue weighted by atomic mass is 79.9. The highest BCUT2D eigenvalue weighted by molar-refractivity contribution is 9.11. The van der Waals surface area contributed by atoms with Crippen molar-refractivity contribution in [3.05, 3.63) is 103 Å². The summed E-state index contributed by atoms with van der Waals surface area (Å²) in [6.07, 6.45) is -9.15. The molecular formula is C66H92BBr2F9N2O16. The van der Waals surface area contributed by atoms with Crippen LogP contribution >= 0.6 is 31.9 Å². The standard InChI is InChI=1S/C23H30F3NO5.C16H28BNO4.C13H14BrF3O3.C7H4BrF3O.C6H12O3.CH4/c1-21(2,3)32-20(29)27-11-9-15(10-12-27)17-8-7-16(23(24,25)26)13-18(17)31-14-22(4,5)19(28)30-6;1-14(2,3)20-13(19)18-10-8-12(9-11-18)17-21-15(4,5)16(6,7)22-17;1-12(2,11(18)19-3)7-20-10-6-8(13(15,16)17)4-5-9(10)14;8-5-2-1-4(3-6(5)12)7(9,10)11;1-6(2,4-7)5(8)9-3;/h7-9,13H,10-12,14H2,1-6H3;8H,9-11H2,1-7H3;4-6H,7H2,1-3H3;1-3,12H;7H,4H2,1-3H3;1H4. The quantitative estimate of drug-likeness (QED) is 0.0746. The number of aliphatic hydroxyl groups is 1. The zero-order valence-electron chi connectivity index (χ0n) is 57.0. The lowest BCUT2D eigenvalue weighted by molar-refractivity contribution is -0.153. The molecule has 0 aliphatic carbocycles. The third-order valence-electron chi connectivity index (χ3n) is 14.3. The van der Waals surface area contributed by atoms with E-state index in [4.69, 9.17) is 43.2 Å². The number of phenols is 1. The maximum absolute atomic E-state index is 13.3. The molecule has 1 fully saturated rings. The Morgan fingerprint density at radius 3 is 1.25 bits per heavy atom. The summed E-state index contributed by atoms with van der Waals surface area (Å²) in [4.78, 5) is 61.6. The predicted molar refractivity (Wildman–Crippen MR) is 351 cm³/mol. The van der Waals surface area contributed by atoms with Crippen LogP contribution in [0.2, 0.25) is 0 Å². The first-order valence-corrected chi connectivity index (χ1v) is 31.1. The van der Waals surface area contributed by atoms with Gasteiger partial charge >= 0.3 is 55.7 Å². The average molecular weight is 1510 g/mol. The Hall–Kier alpha value is -6.24. The summed E-state index contributed by atoms with van der Waals surface area (Å²) in [5, 5.41) is 17.5. The van der Waals surface area contributed by atoms with Crippen molar-refractivity contribution in [1.29, 1.82) is 0 Å². The van der Waals surface area contributed by atoms with Crippen molar-refractivity contribution < 1.29 is 116 Å². The molecule has 3 aromatic rings. The van der Waals surface area contributed by atoms with Crippen LogP contribution in [0.3, 0.4) is 0 Å². The van der Waals surface area contributed by atoms with Gasteiger partial charge in [-0.05, 0) is 215 Å². The minimum atomic E-state index is -4.54. The van der Waals surface area contributed by atoms with E-state index in [0.29, 0.717) is 42.2 Å². The Balaban J connectivity index is 0.000000636. The summed E-state index contributed by atoms with van der Waals surface area (Å²) in [6, 6.07) is 9.09. The van der Waals surface area contributed by atoms with Crippen LogP contribution < -0.4 is 9.47 Å². The molecule has 0 atom stereocenters. The summed E-state index contributed by atoms with van der Waals surface area (Å²) in [6.45, 7) is 30.1. The molecule has 0 spiro atoms. The number of aromatic hydroxyl groups is 1. The van der Waals surface area contributed by atoms with Gasteiger partial charge in [0.25, 0.3) is 0 Å². The van der Waals surface area contributed by atoms with Crippen molar-refractivity contribution >= 4 is 74.6 Å². The molecule has 96 heavy (non-hydrogen) atoms. The third-order valence-corrected chi connectivity index (χ3v) is 15.6. The Morgan fingerprint density at radius 2 is 0.906 bits per heavy atom. The fourth-order valence-corrected chi connectivity index (χ4v) is 8.49.